The first kappa shape index (κ1) is 15.2. The summed E-state index contributed by atoms with van der Waals surface area (Å²) in [5.74, 6) is -0.225. The lowest BCUT2D eigenvalue weighted by molar-refractivity contribution is 0.0270. The molecule has 1 aliphatic rings. The second kappa shape index (κ2) is 5.33. The molecule has 0 unspecified atom stereocenters. The highest BCUT2D eigenvalue weighted by atomic mass is 79.9. The number of hydrogen-bond acceptors (Lipinski definition) is 5. The molecule has 0 spiro atoms. The summed E-state index contributed by atoms with van der Waals surface area (Å²) in [4.78, 5) is 13.5. The third kappa shape index (κ3) is 3.12. The maximum absolute atomic E-state index is 12.0. The average Bonchev–Trinajstić information content (AvgIpc) is 2.81. The lowest BCUT2D eigenvalue weighted by Crippen LogP contribution is -2.35. The third-order valence-electron chi connectivity index (χ3n) is 3.12. The van der Waals surface area contributed by atoms with Crippen LogP contribution in [0.3, 0.4) is 0 Å². The maximum atomic E-state index is 12.0. The molecule has 0 radical (unpaired) electrons. The predicted molar refractivity (Wildman–Crippen MR) is 75.3 cm³/mol. The second-order valence-corrected chi connectivity index (χ2v) is 6.70. The molecule has 1 N–H and O–H groups in total. The molecule has 112 valence electrons. The van der Waals surface area contributed by atoms with Crippen molar-refractivity contribution in [3.63, 3.8) is 0 Å². The minimum atomic E-state index is -0.656. The fraction of sp³-hybridized carbons (Fsp3) is 0.750. The standard InChI is InChI=1S/C12H19BrN4O3/c1-12(2,3)20-11(19)17-5-7(8(18)6-17)9-10(13)14-15-16(9)4/h7-8,18H,5-6H2,1-4H3/t7-,8-/m1/s1. The van der Waals surface area contributed by atoms with E-state index in [0.717, 1.165) is 5.69 Å². The van der Waals surface area contributed by atoms with Crippen LogP contribution in [0.5, 0.6) is 0 Å². The maximum Gasteiger partial charge on any atom is 0.410 e. The van der Waals surface area contributed by atoms with Gasteiger partial charge in [-0.3, -0.25) is 4.68 Å². The van der Waals surface area contributed by atoms with Gasteiger partial charge in [0.15, 0.2) is 4.60 Å². The highest BCUT2D eigenvalue weighted by molar-refractivity contribution is 9.10. The quantitative estimate of drug-likeness (QED) is 0.828. The van der Waals surface area contributed by atoms with Crippen molar-refractivity contribution in [1.29, 1.82) is 0 Å². The van der Waals surface area contributed by atoms with Gasteiger partial charge < -0.3 is 14.7 Å². The molecule has 7 nitrogen and oxygen atoms in total. The Bertz CT molecular complexity index is 492. The Kier molecular flexibility index (Phi) is 4.06. The van der Waals surface area contributed by atoms with Crippen molar-refractivity contribution < 1.29 is 14.6 Å². The number of aliphatic hydroxyl groups is 1. The molecule has 20 heavy (non-hydrogen) atoms. The third-order valence-corrected chi connectivity index (χ3v) is 3.68. The van der Waals surface area contributed by atoms with Gasteiger partial charge in [0.2, 0.25) is 0 Å². The number of aliphatic hydroxyl groups excluding tert-OH is 1. The molecule has 2 rings (SSSR count). The normalized spacial score (nSPS) is 23.2. The first-order chi connectivity index (χ1) is 9.19. The van der Waals surface area contributed by atoms with Crippen molar-refractivity contribution in [2.24, 2.45) is 7.05 Å². The lowest BCUT2D eigenvalue weighted by Gasteiger charge is -2.24. The number of hydrogen-bond donors (Lipinski definition) is 1. The second-order valence-electron chi connectivity index (χ2n) is 5.95. The zero-order valence-corrected chi connectivity index (χ0v) is 13.6. The first-order valence-electron chi connectivity index (χ1n) is 6.40. The van der Waals surface area contributed by atoms with E-state index in [-0.39, 0.29) is 12.5 Å². The van der Waals surface area contributed by atoms with Crippen molar-refractivity contribution in [3.05, 3.63) is 10.3 Å². The van der Waals surface area contributed by atoms with Crippen LogP contribution in [0.2, 0.25) is 0 Å². The number of aromatic nitrogens is 3. The van der Waals surface area contributed by atoms with Crippen LogP contribution in [0.25, 0.3) is 0 Å². The Hall–Kier alpha value is -1.15. The van der Waals surface area contributed by atoms with Crippen LogP contribution in [0.15, 0.2) is 4.60 Å². The lowest BCUT2D eigenvalue weighted by atomic mass is 10.0. The summed E-state index contributed by atoms with van der Waals surface area (Å²) in [6, 6.07) is 0. The molecule has 0 aromatic carbocycles. The van der Waals surface area contributed by atoms with Crippen LogP contribution in [-0.2, 0) is 11.8 Å². The van der Waals surface area contributed by atoms with Crippen molar-refractivity contribution in [1.82, 2.24) is 19.9 Å². The molecule has 0 bridgehead atoms. The van der Waals surface area contributed by atoms with E-state index in [1.807, 2.05) is 20.8 Å². The van der Waals surface area contributed by atoms with Gasteiger partial charge in [-0.2, -0.15) is 0 Å². The number of carbonyl (C=O) groups is 1. The zero-order chi connectivity index (χ0) is 15.1. The van der Waals surface area contributed by atoms with E-state index in [0.29, 0.717) is 11.1 Å². The van der Waals surface area contributed by atoms with Crippen LogP contribution in [0, 0.1) is 0 Å². The molecule has 8 heteroatoms. The smallest absolute Gasteiger partial charge is 0.410 e. The van der Waals surface area contributed by atoms with Crippen molar-refractivity contribution in [2.45, 2.75) is 38.4 Å². The van der Waals surface area contributed by atoms with Gasteiger partial charge in [-0.1, -0.05) is 5.21 Å². The molecular formula is C12H19BrN4O3. The molecule has 2 heterocycles. The number of halogens is 1. The van der Waals surface area contributed by atoms with Crippen LogP contribution in [0.1, 0.15) is 32.4 Å². The van der Waals surface area contributed by atoms with E-state index in [1.165, 1.54) is 4.90 Å². The fourth-order valence-electron chi connectivity index (χ4n) is 2.26. The van der Waals surface area contributed by atoms with Gasteiger partial charge >= 0.3 is 6.09 Å². The molecule has 0 saturated carbocycles. The highest BCUT2D eigenvalue weighted by Crippen LogP contribution is 2.31. The van der Waals surface area contributed by atoms with Crippen LogP contribution in [0.4, 0.5) is 4.79 Å². The summed E-state index contributed by atoms with van der Waals surface area (Å²) < 4.78 is 7.52. The Labute approximate surface area is 126 Å². The van der Waals surface area contributed by atoms with E-state index in [2.05, 4.69) is 26.2 Å². The van der Waals surface area contributed by atoms with Gasteiger partial charge in [0.1, 0.15) is 5.60 Å². The average molecular weight is 347 g/mol. The molecule has 1 fully saturated rings. The number of likely N-dealkylation sites (tertiary alicyclic amines) is 1. The summed E-state index contributed by atoms with van der Waals surface area (Å²) in [5, 5.41) is 18.0. The summed E-state index contributed by atoms with van der Waals surface area (Å²) >= 11 is 3.32. The number of aryl methyl sites for hydroxylation is 1. The van der Waals surface area contributed by atoms with Gasteiger partial charge in [-0.25, -0.2) is 4.79 Å². The highest BCUT2D eigenvalue weighted by Gasteiger charge is 2.39. The first-order valence-corrected chi connectivity index (χ1v) is 7.19. The van der Waals surface area contributed by atoms with E-state index in [1.54, 1.807) is 11.7 Å². The SMILES string of the molecule is Cn1nnc(Br)c1[C@@H]1CN(C(=O)OC(C)(C)C)C[C@H]1O. The number of ether oxygens (including phenoxy) is 1. The summed E-state index contributed by atoms with van der Waals surface area (Å²) in [7, 11) is 1.76. The molecule has 2 atom stereocenters. The summed E-state index contributed by atoms with van der Waals surface area (Å²) in [6.45, 7) is 6.08. The summed E-state index contributed by atoms with van der Waals surface area (Å²) in [6.07, 6.45) is -1.07. The van der Waals surface area contributed by atoms with Gasteiger partial charge in [0.25, 0.3) is 0 Å². The van der Waals surface area contributed by atoms with E-state index >= 15 is 0 Å². The Morgan fingerprint density at radius 3 is 2.60 bits per heavy atom. The molecular weight excluding hydrogens is 328 g/mol. The van der Waals surface area contributed by atoms with E-state index < -0.39 is 17.8 Å². The predicted octanol–water partition coefficient (Wildman–Crippen LogP) is 1.27. The molecule has 1 saturated heterocycles. The largest absolute Gasteiger partial charge is 0.444 e. The number of carbonyl (C=O) groups excluding carboxylic acids is 1. The summed E-state index contributed by atoms with van der Waals surface area (Å²) in [5.41, 5.74) is 0.234. The topological polar surface area (TPSA) is 80.5 Å². The number of β-amino-alcohol motifs (C(OH)–C–C–N with tert-alkyl or cyclic N) is 1. The van der Waals surface area contributed by atoms with Gasteiger partial charge in [0, 0.05) is 19.5 Å². The molecule has 1 amide bonds. The van der Waals surface area contributed by atoms with Crippen molar-refractivity contribution in [2.75, 3.05) is 13.1 Å². The van der Waals surface area contributed by atoms with Crippen LogP contribution in [-0.4, -0.2) is 55.9 Å². The van der Waals surface area contributed by atoms with Crippen molar-refractivity contribution >= 4 is 22.0 Å². The van der Waals surface area contributed by atoms with E-state index in [4.69, 9.17) is 4.74 Å². The minimum absolute atomic E-state index is 0.225. The molecule has 0 aliphatic carbocycles. The number of rotatable bonds is 1. The Balaban J connectivity index is 2.12. The molecule has 1 aromatic heterocycles. The van der Waals surface area contributed by atoms with Crippen LogP contribution >= 0.6 is 15.9 Å². The Morgan fingerprint density at radius 2 is 2.10 bits per heavy atom. The number of amides is 1. The molecule has 1 aliphatic heterocycles. The van der Waals surface area contributed by atoms with Crippen LogP contribution < -0.4 is 0 Å². The monoisotopic (exact) mass is 346 g/mol. The van der Waals surface area contributed by atoms with Gasteiger partial charge in [0.05, 0.1) is 18.3 Å². The Morgan fingerprint density at radius 1 is 1.45 bits per heavy atom. The zero-order valence-electron chi connectivity index (χ0n) is 12.0. The van der Waals surface area contributed by atoms with E-state index in [9.17, 15) is 9.90 Å². The fourth-order valence-corrected chi connectivity index (χ4v) is 2.88. The van der Waals surface area contributed by atoms with Crippen molar-refractivity contribution in [3.8, 4) is 0 Å². The van der Waals surface area contributed by atoms with Gasteiger partial charge in [-0.05, 0) is 36.7 Å². The van der Waals surface area contributed by atoms with Gasteiger partial charge in [-0.15, -0.1) is 5.10 Å². The minimum Gasteiger partial charge on any atom is -0.444 e. The molecule has 1 aromatic rings. The number of nitrogens with zero attached hydrogens (tertiary/aromatic N) is 4.